The van der Waals surface area contributed by atoms with Crippen molar-refractivity contribution >= 4 is 36.5 Å². The third kappa shape index (κ3) is 6.58. The summed E-state index contributed by atoms with van der Waals surface area (Å²) in [6, 6.07) is 13.6. The number of nitrogens with one attached hydrogen (secondary N) is 2. The monoisotopic (exact) mass is 593 g/mol. The van der Waals surface area contributed by atoms with Crippen LogP contribution in [0.1, 0.15) is 77.2 Å². The molecule has 1 saturated heterocycles. The van der Waals surface area contributed by atoms with E-state index in [1.165, 1.54) is 38.0 Å². The summed E-state index contributed by atoms with van der Waals surface area (Å²) in [6.07, 6.45) is 0.907. The van der Waals surface area contributed by atoms with E-state index in [0.29, 0.717) is 31.0 Å². The van der Waals surface area contributed by atoms with Crippen molar-refractivity contribution in [2.75, 3.05) is 17.2 Å². The molecule has 10 heteroatoms. The van der Waals surface area contributed by atoms with E-state index < -0.39 is 41.3 Å². The Morgan fingerprint density at radius 2 is 1.67 bits per heavy atom. The lowest BCUT2D eigenvalue weighted by Gasteiger charge is -2.41. The lowest BCUT2D eigenvalue weighted by molar-refractivity contribution is -0.138. The molecule has 2 amide bonds. The van der Waals surface area contributed by atoms with E-state index in [2.05, 4.69) is 10.6 Å². The SMILES string of the molecule is Bc1cc([C@H]2[C@@H](C(=O)Nc3ccc(C)c(C(F)(F)F)c3)CCCN2C(=O)c2c(C)cccc2F)ccc1NC1CCCC1. The molecule has 1 aliphatic carbocycles. The molecule has 0 radical (unpaired) electrons. The number of alkyl halides is 3. The Hall–Kier alpha value is -3.82. The molecule has 226 valence electrons. The maximum atomic E-state index is 15.0. The zero-order valence-corrected chi connectivity index (χ0v) is 24.7. The zero-order chi connectivity index (χ0) is 30.9. The molecule has 3 aromatic rings. The van der Waals surface area contributed by atoms with Crippen molar-refractivity contribution in [3.05, 3.63) is 88.2 Å². The standard InChI is InChI=1S/C33H36BF4N3O2/c1-19-12-14-23(18-25(19)33(36,37)38)40-31(42)24-10-6-16-41(32(43)29-20(2)7-5-11-27(29)35)30(24)21-13-15-28(26(34)17-21)39-22-8-3-4-9-22/h5,7,11-15,17-18,22,24,30,39H,3-4,6,8-10,16,34H2,1-2H3,(H,40,42)/t24-,30-/m0/s1. The maximum absolute atomic E-state index is 15.0. The molecular formula is C33H36BF4N3O2. The summed E-state index contributed by atoms with van der Waals surface area (Å²) < 4.78 is 55.7. The summed E-state index contributed by atoms with van der Waals surface area (Å²) in [5, 5.41) is 6.29. The second-order valence-corrected chi connectivity index (χ2v) is 11.8. The fourth-order valence-corrected chi connectivity index (χ4v) is 6.52. The molecule has 43 heavy (non-hydrogen) atoms. The van der Waals surface area contributed by atoms with Gasteiger partial charge in [0.05, 0.1) is 23.1 Å². The summed E-state index contributed by atoms with van der Waals surface area (Å²) in [5.41, 5.74) is 2.36. The van der Waals surface area contributed by atoms with Gasteiger partial charge in [0.25, 0.3) is 5.91 Å². The second kappa shape index (κ2) is 12.4. The Kier molecular flexibility index (Phi) is 8.85. The third-order valence-corrected chi connectivity index (χ3v) is 8.78. The smallest absolute Gasteiger partial charge is 0.383 e. The van der Waals surface area contributed by atoms with E-state index in [0.717, 1.165) is 35.6 Å². The minimum atomic E-state index is -4.56. The highest BCUT2D eigenvalue weighted by Gasteiger charge is 2.41. The molecule has 1 saturated carbocycles. The molecule has 0 bridgehead atoms. The number of amides is 2. The van der Waals surface area contributed by atoms with Gasteiger partial charge in [0, 0.05) is 24.0 Å². The quantitative estimate of drug-likeness (QED) is 0.260. The highest BCUT2D eigenvalue weighted by Crippen LogP contribution is 2.39. The Morgan fingerprint density at radius 1 is 0.930 bits per heavy atom. The third-order valence-electron chi connectivity index (χ3n) is 8.78. The van der Waals surface area contributed by atoms with Crippen molar-refractivity contribution in [2.24, 2.45) is 5.92 Å². The molecule has 3 aromatic carbocycles. The van der Waals surface area contributed by atoms with Crippen molar-refractivity contribution in [3.8, 4) is 0 Å². The largest absolute Gasteiger partial charge is 0.416 e. The van der Waals surface area contributed by atoms with Crippen LogP contribution < -0.4 is 16.1 Å². The highest BCUT2D eigenvalue weighted by molar-refractivity contribution is 6.35. The second-order valence-electron chi connectivity index (χ2n) is 11.8. The molecule has 5 rings (SSSR count). The molecule has 2 aliphatic rings. The average molecular weight is 593 g/mol. The normalized spacial score (nSPS) is 19.3. The molecule has 5 nitrogen and oxygen atoms in total. The zero-order valence-electron chi connectivity index (χ0n) is 24.7. The number of aryl methyl sites for hydroxylation is 2. The van der Waals surface area contributed by atoms with Crippen molar-refractivity contribution in [1.29, 1.82) is 0 Å². The Morgan fingerprint density at radius 3 is 2.35 bits per heavy atom. The minimum Gasteiger partial charge on any atom is -0.383 e. The number of nitrogens with zero attached hydrogens (tertiary/aromatic N) is 1. The van der Waals surface area contributed by atoms with E-state index in [1.54, 1.807) is 24.0 Å². The molecule has 1 heterocycles. The Balaban J connectivity index is 1.51. The summed E-state index contributed by atoms with van der Waals surface area (Å²) >= 11 is 0. The number of hydrogen-bond donors (Lipinski definition) is 2. The Bertz CT molecular complexity index is 1500. The number of rotatable bonds is 6. The van der Waals surface area contributed by atoms with Crippen LogP contribution in [-0.2, 0) is 11.0 Å². The van der Waals surface area contributed by atoms with Gasteiger partial charge in [-0.1, -0.05) is 48.6 Å². The van der Waals surface area contributed by atoms with Gasteiger partial charge in [0.1, 0.15) is 13.7 Å². The molecule has 0 aromatic heterocycles. The summed E-state index contributed by atoms with van der Waals surface area (Å²) in [5.74, 6) is -2.41. The van der Waals surface area contributed by atoms with Gasteiger partial charge in [-0.2, -0.15) is 13.2 Å². The number of carbonyl (C=O) groups is 2. The van der Waals surface area contributed by atoms with Gasteiger partial charge in [0.15, 0.2) is 0 Å². The predicted octanol–water partition coefficient (Wildman–Crippen LogP) is 6.31. The molecule has 2 atom stereocenters. The van der Waals surface area contributed by atoms with Crippen LogP contribution in [-0.4, -0.2) is 37.1 Å². The number of carbonyl (C=O) groups excluding carboxylic acids is 2. The van der Waals surface area contributed by atoms with E-state index in [9.17, 15) is 27.2 Å². The van der Waals surface area contributed by atoms with Gasteiger partial charge in [-0.3, -0.25) is 9.59 Å². The summed E-state index contributed by atoms with van der Waals surface area (Å²) in [6.45, 7) is 3.35. The number of halogens is 4. The van der Waals surface area contributed by atoms with Gasteiger partial charge in [-0.15, -0.1) is 0 Å². The Labute approximate surface area is 250 Å². The van der Waals surface area contributed by atoms with Crippen LogP contribution in [0.4, 0.5) is 28.9 Å². The van der Waals surface area contributed by atoms with Gasteiger partial charge in [-0.05, 0) is 80.5 Å². The molecule has 0 spiro atoms. The van der Waals surface area contributed by atoms with E-state index in [4.69, 9.17) is 0 Å². The first-order valence-corrected chi connectivity index (χ1v) is 14.9. The number of hydrogen-bond acceptors (Lipinski definition) is 3. The first-order chi connectivity index (χ1) is 20.4. The van der Waals surface area contributed by atoms with Crippen molar-refractivity contribution in [2.45, 2.75) is 70.6 Å². The van der Waals surface area contributed by atoms with Crippen LogP contribution in [0.5, 0.6) is 0 Å². The fraction of sp³-hybridized carbons (Fsp3) is 0.394. The fourth-order valence-electron chi connectivity index (χ4n) is 6.52. The van der Waals surface area contributed by atoms with Crippen molar-refractivity contribution < 1.29 is 27.2 Å². The minimum absolute atomic E-state index is 0.0300. The van der Waals surface area contributed by atoms with Gasteiger partial charge >= 0.3 is 6.18 Å². The van der Waals surface area contributed by atoms with Gasteiger partial charge < -0.3 is 15.5 Å². The molecule has 2 N–H and O–H groups in total. The van der Waals surface area contributed by atoms with Gasteiger partial charge in [-0.25, -0.2) is 4.39 Å². The van der Waals surface area contributed by atoms with Crippen molar-refractivity contribution in [3.63, 3.8) is 0 Å². The first kappa shape index (κ1) is 30.6. The van der Waals surface area contributed by atoms with E-state index in [1.807, 2.05) is 26.0 Å². The predicted molar refractivity (Wildman–Crippen MR) is 163 cm³/mol. The van der Waals surface area contributed by atoms with Gasteiger partial charge in [0.2, 0.25) is 5.91 Å². The molecule has 1 aliphatic heterocycles. The lowest BCUT2D eigenvalue weighted by atomic mass is 9.81. The van der Waals surface area contributed by atoms with Crippen LogP contribution in [0.3, 0.4) is 0 Å². The average Bonchev–Trinajstić information content (AvgIpc) is 3.47. The molecular weight excluding hydrogens is 557 g/mol. The summed E-state index contributed by atoms with van der Waals surface area (Å²) in [7, 11) is 1.97. The van der Waals surface area contributed by atoms with Crippen LogP contribution in [0.2, 0.25) is 0 Å². The summed E-state index contributed by atoms with van der Waals surface area (Å²) in [4.78, 5) is 29.3. The molecule has 0 unspecified atom stereocenters. The highest BCUT2D eigenvalue weighted by atomic mass is 19.4. The number of piperidine rings is 1. The van der Waals surface area contributed by atoms with E-state index >= 15 is 0 Å². The van der Waals surface area contributed by atoms with Crippen LogP contribution in [0.15, 0.2) is 54.6 Å². The number of anilines is 2. The lowest BCUT2D eigenvalue weighted by Crippen LogP contribution is -2.47. The maximum Gasteiger partial charge on any atom is 0.416 e. The first-order valence-electron chi connectivity index (χ1n) is 14.9. The number of benzene rings is 3. The van der Waals surface area contributed by atoms with Crippen molar-refractivity contribution in [1.82, 2.24) is 4.90 Å². The van der Waals surface area contributed by atoms with E-state index in [-0.39, 0.29) is 16.8 Å². The van der Waals surface area contributed by atoms with Crippen LogP contribution in [0.25, 0.3) is 0 Å². The number of likely N-dealkylation sites (tertiary alicyclic amines) is 1. The molecule has 2 fully saturated rings. The van der Waals surface area contributed by atoms with Crippen LogP contribution >= 0.6 is 0 Å². The van der Waals surface area contributed by atoms with Crippen LogP contribution in [0, 0.1) is 25.6 Å². The topological polar surface area (TPSA) is 61.4 Å².